The molecule has 0 unspecified atom stereocenters. The molecule has 1 aliphatic rings. The van der Waals surface area contributed by atoms with Crippen LogP contribution in [-0.4, -0.2) is 66.4 Å². The lowest BCUT2D eigenvalue weighted by molar-refractivity contribution is 0.0754. The summed E-state index contributed by atoms with van der Waals surface area (Å²) in [6, 6.07) is 20.1. The number of benzene rings is 2. The van der Waals surface area contributed by atoms with Crippen molar-refractivity contribution in [3.05, 3.63) is 95.8 Å². The molecule has 0 atom stereocenters. The van der Waals surface area contributed by atoms with Gasteiger partial charge in [0.15, 0.2) is 5.69 Å². The van der Waals surface area contributed by atoms with Gasteiger partial charge in [-0.05, 0) is 31.0 Å². The van der Waals surface area contributed by atoms with E-state index in [9.17, 15) is 4.79 Å². The molecule has 174 valence electrons. The molecule has 2 aromatic carbocycles. The van der Waals surface area contributed by atoms with Crippen LogP contribution in [-0.2, 0) is 13.1 Å². The molecule has 5 rings (SSSR count). The van der Waals surface area contributed by atoms with Gasteiger partial charge >= 0.3 is 0 Å². The summed E-state index contributed by atoms with van der Waals surface area (Å²) in [5.74, 6) is 0.998. The topological polar surface area (TPSA) is 72.1 Å². The number of nitrogens with zero attached hydrogens (tertiary/aromatic N) is 7. The Kier molecular flexibility index (Phi) is 6.49. The Morgan fingerprint density at radius 3 is 2.44 bits per heavy atom. The summed E-state index contributed by atoms with van der Waals surface area (Å²) in [5.41, 5.74) is 3.18. The Bertz CT molecular complexity index is 1230. The fourth-order valence-corrected chi connectivity index (χ4v) is 4.35. The minimum Gasteiger partial charge on any atom is -0.336 e. The van der Waals surface area contributed by atoms with Gasteiger partial charge < -0.3 is 9.47 Å². The lowest BCUT2D eigenvalue weighted by Gasteiger charge is -2.21. The zero-order valence-corrected chi connectivity index (χ0v) is 19.4. The van der Waals surface area contributed by atoms with Crippen molar-refractivity contribution in [2.45, 2.75) is 26.4 Å². The van der Waals surface area contributed by atoms with E-state index in [0.29, 0.717) is 24.5 Å². The standard InChI is InChI=1S/C26H29N7O/c1-21-25(29-33(28-21)23-11-6-3-7-12-23)26(34)31-15-8-14-30(17-18-31)20-24-27-13-16-32(24)19-22-9-4-2-5-10-22/h2-7,9-13,16H,8,14-15,17-20H2,1H3. The third-order valence-corrected chi connectivity index (χ3v) is 6.21. The van der Waals surface area contributed by atoms with Gasteiger partial charge in [-0.2, -0.15) is 9.90 Å². The molecule has 2 aromatic heterocycles. The number of para-hydroxylation sites is 1. The quantitative estimate of drug-likeness (QED) is 0.447. The zero-order chi connectivity index (χ0) is 23.3. The maximum Gasteiger partial charge on any atom is 0.276 e. The van der Waals surface area contributed by atoms with Crippen LogP contribution in [0.2, 0.25) is 0 Å². The van der Waals surface area contributed by atoms with E-state index in [1.54, 1.807) is 4.80 Å². The SMILES string of the molecule is Cc1nn(-c2ccccc2)nc1C(=O)N1CCCN(Cc2nccn2Cc2ccccc2)CC1. The molecule has 1 amide bonds. The van der Waals surface area contributed by atoms with Crippen LogP contribution in [0.25, 0.3) is 5.69 Å². The molecule has 0 aliphatic carbocycles. The predicted molar refractivity (Wildman–Crippen MR) is 130 cm³/mol. The van der Waals surface area contributed by atoms with Crippen LogP contribution >= 0.6 is 0 Å². The molecular formula is C26H29N7O. The maximum absolute atomic E-state index is 13.3. The van der Waals surface area contributed by atoms with E-state index in [2.05, 4.69) is 48.9 Å². The van der Waals surface area contributed by atoms with Crippen molar-refractivity contribution in [3.63, 3.8) is 0 Å². The summed E-state index contributed by atoms with van der Waals surface area (Å²) in [5, 5.41) is 8.97. The number of aryl methyl sites for hydroxylation is 1. The lowest BCUT2D eigenvalue weighted by atomic mass is 10.2. The highest BCUT2D eigenvalue weighted by atomic mass is 16.2. The first-order valence-corrected chi connectivity index (χ1v) is 11.7. The second kappa shape index (κ2) is 10.0. The first kappa shape index (κ1) is 22.0. The van der Waals surface area contributed by atoms with E-state index in [4.69, 9.17) is 0 Å². The summed E-state index contributed by atoms with van der Waals surface area (Å²) in [6.07, 6.45) is 4.82. The van der Waals surface area contributed by atoms with Crippen LogP contribution in [0.3, 0.4) is 0 Å². The van der Waals surface area contributed by atoms with Crippen molar-refractivity contribution < 1.29 is 4.79 Å². The van der Waals surface area contributed by atoms with Gasteiger partial charge in [-0.25, -0.2) is 4.98 Å². The molecule has 34 heavy (non-hydrogen) atoms. The highest BCUT2D eigenvalue weighted by Gasteiger charge is 2.25. The second-order valence-corrected chi connectivity index (χ2v) is 8.64. The average Bonchev–Trinajstić information content (AvgIpc) is 3.39. The molecule has 4 aromatic rings. The molecule has 8 heteroatoms. The third kappa shape index (κ3) is 4.92. The van der Waals surface area contributed by atoms with Crippen LogP contribution in [0.5, 0.6) is 0 Å². The number of aromatic nitrogens is 5. The van der Waals surface area contributed by atoms with E-state index < -0.39 is 0 Å². The van der Waals surface area contributed by atoms with Crippen molar-refractivity contribution in [1.29, 1.82) is 0 Å². The van der Waals surface area contributed by atoms with Gasteiger partial charge in [0.25, 0.3) is 5.91 Å². The Morgan fingerprint density at radius 2 is 1.65 bits per heavy atom. The highest BCUT2D eigenvalue weighted by molar-refractivity contribution is 5.93. The number of hydrogen-bond donors (Lipinski definition) is 0. The minimum absolute atomic E-state index is 0.0490. The molecule has 0 spiro atoms. The van der Waals surface area contributed by atoms with Crippen molar-refractivity contribution in [2.24, 2.45) is 0 Å². The summed E-state index contributed by atoms with van der Waals surface area (Å²) in [7, 11) is 0. The normalized spacial score (nSPS) is 14.8. The van der Waals surface area contributed by atoms with Crippen LogP contribution in [0, 0.1) is 6.92 Å². The summed E-state index contributed by atoms with van der Waals surface area (Å²) in [6.45, 7) is 6.53. The lowest BCUT2D eigenvalue weighted by Crippen LogP contribution is -2.36. The molecule has 1 fully saturated rings. The number of hydrogen-bond acceptors (Lipinski definition) is 5. The van der Waals surface area contributed by atoms with E-state index >= 15 is 0 Å². The molecule has 3 heterocycles. The Labute approximate surface area is 199 Å². The third-order valence-electron chi connectivity index (χ3n) is 6.21. The second-order valence-electron chi connectivity index (χ2n) is 8.64. The fourth-order valence-electron chi connectivity index (χ4n) is 4.35. The van der Waals surface area contributed by atoms with E-state index in [-0.39, 0.29) is 5.91 Å². The number of amides is 1. The Hall–Kier alpha value is -3.78. The van der Waals surface area contributed by atoms with Gasteiger partial charge in [-0.15, -0.1) is 5.10 Å². The van der Waals surface area contributed by atoms with Gasteiger partial charge in [0.05, 0.1) is 17.9 Å². The van der Waals surface area contributed by atoms with Gasteiger partial charge in [-0.3, -0.25) is 9.69 Å². The van der Waals surface area contributed by atoms with Gasteiger partial charge in [-0.1, -0.05) is 48.5 Å². The van der Waals surface area contributed by atoms with Crippen molar-refractivity contribution in [1.82, 2.24) is 34.3 Å². The first-order valence-electron chi connectivity index (χ1n) is 11.7. The number of imidazole rings is 1. The summed E-state index contributed by atoms with van der Waals surface area (Å²) in [4.78, 5) is 23.7. The fraction of sp³-hybridized carbons (Fsp3) is 0.308. The van der Waals surface area contributed by atoms with Crippen LogP contribution < -0.4 is 0 Å². The van der Waals surface area contributed by atoms with E-state index in [1.165, 1.54) is 5.56 Å². The minimum atomic E-state index is -0.0490. The molecule has 8 nitrogen and oxygen atoms in total. The van der Waals surface area contributed by atoms with Gasteiger partial charge in [0, 0.05) is 45.1 Å². The molecule has 0 bridgehead atoms. The van der Waals surface area contributed by atoms with E-state index in [0.717, 1.165) is 44.1 Å². The largest absolute Gasteiger partial charge is 0.336 e. The Balaban J connectivity index is 1.22. The van der Waals surface area contributed by atoms with Crippen LogP contribution in [0.4, 0.5) is 0 Å². The monoisotopic (exact) mass is 455 g/mol. The van der Waals surface area contributed by atoms with Crippen molar-refractivity contribution in [2.75, 3.05) is 26.2 Å². The molecule has 0 saturated carbocycles. The predicted octanol–water partition coefficient (Wildman–Crippen LogP) is 3.17. The highest BCUT2D eigenvalue weighted by Crippen LogP contribution is 2.14. The molecule has 1 saturated heterocycles. The average molecular weight is 456 g/mol. The number of carbonyl (C=O) groups is 1. The Morgan fingerprint density at radius 1 is 0.882 bits per heavy atom. The molecular weight excluding hydrogens is 426 g/mol. The number of rotatable bonds is 6. The van der Waals surface area contributed by atoms with Crippen molar-refractivity contribution in [3.8, 4) is 5.69 Å². The number of carbonyl (C=O) groups excluding carboxylic acids is 1. The first-order chi connectivity index (χ1) is 16.7. The maximum atomic E-state index is 13.3. The van der Waals surface area contributed by atoms with Gasteiger partial charge in [0.1, 0.15) is 5.82 Å². The summed E-state index contributed by atoms with van der Waals surface area (Å²) >= 11 is 0. The smallest absolute Gasteiger partial charge is 0.276 e. The molecule has 1 aliphatic heterocycles. The van der Waals surface area contributed by atoms with Crippen LogP contribution in [0.1, 0.15) is 34.0 Å². The molecule has 0 radical (unpaired) electrons. The van der Waals surface area contributed by atoms with E-state index in [1.807, 2.05) is 60.6 Å². The molecule has 0 N–H and O–H groups in total. The van der Waals surface area contributed by atoms with Gasteiger partial charge in [0.2, 0.25) is 0 Å². The zero-order valence-electron chi connectivity index (χ0n) is 19.4. The van der Waals surface area contributed by atoms with Crippen molar-refractivity contribution >= 4 is 5.91 Å². The summed E-state index contributed by atoms with van der Waals surface area (Å²) < 4.78 is 2.20. The van der Waals surface area contributed by atoms with Crippen LogP contribution in [0.15, 0.2) is 73.1 Å².